The van der Waals surface area contributed by atoms with E-state index in [9.17, 15) is 18.0 Å². The monoisotopic (exact) mass is 264 g/mol. The van der Waals surface area contributed by atoms with Crippen molar-refractivity contribution < 1.29 is 18.0 Å². The van der Waals surface area contributed by atoms with Gasteiger partial charge < -0.3 is 10.6 Å². The number of nitrogens with one attached hydrogen (secondary N) is 2. The van der Waals surface area contributed by atoms with Crippen molar-refractivity contribution in [3.05, 3.63) is 17.5 Å². The first kappa shape index (κ1) is 14.5. The molecule has 18 heavy (non-hydrogen) atoms. The van der Waals surface area contributed by atoms with Gasteiger partial charge in [-0.2, -0.15) is 18.3 Å². The molecule has 0 aliphatic rings. The van der Waals surface area contributed by atoms with Gasteiger partial charge in [-0.3, -0.25) is 9.48 Å². The van der Waals surface area contributed by atoms with Gasteiger partial charge in [0.05, 0.1) is 18.8 Å². The number of hydrogen-bond donors (Lipinski definition) is 2. The van der Waals surface area contributed by atoms with Gasteiger partial charge in [-0.05, 0) is 6.92 Å². The second-order valence-electron chi connectivity index (χ2n) is 3.91. The van der Waals surface area contributed by atoms with Crippen LogP contribution in [0, 0.1) is 6.92 Å². The largest absolute Gasteiger partial charge is 0.401 e. The summed E-state index contributed by atoms with van der Waals surface area (Å²) in [5.74, 6) is -0.484. The highest BCUT2D eigenvalue weighted by atomic mass is 19.4. The first-order valence-electron chi connectivity index (χ1n) is 5.31. The molecular weight excluding hydrogens is 249 g/mol. The lowest BCUT2D eigenvalue weighted by Gasteiger charge is -2.08. The van der Waals surface area contributed by atoms with Crippen LogP contribution in [0.4, 0.5) is 13.2 Å². The van der Waals surface area contributed by atoms with E-state index in [1.807, 2.05) is 5.32 Å². The summed E-state index contributed by atoms with van der Waals surface area (Å²) >= 11 is 0. The molecule has 0 bridgehead atoms. The van der Waals surface area contributed by atoms with Gasteiger partial charge in [-0.1, -0.05) is 0 Å². The van der Waals surface area contributed by atoms with E-state index in [-0.39, 0.29) is 13.1 Å². The zero-order chi connectivity index (χ0) is 13.8. The summed E-state index contributed by atoms with van der Waals surface area (Å²) in [6.45, 7) is 0.515. The van der Waals surface area contributed by atoms with Gasteiger partial charge in [0.2, 0.25) is 5.91 Å². The Hall–Kier alpha value is -1.57. The van der Waals surface area contributed by atoms with E-state index in [1.165, 1.54) is 0 Å². The Kier molecular flexibility index (Phi) is 4.71. The SMILES string of the molecule is Cc1nn(C)cc1CNC(=O)CNCC(F)(F)F. The highest BCUT2D eigenvalue weighted by molar-refractivity contribution is 5.77. The number of aromatic nitrogens is 2. The van der Waals surface area contributed by atoms with Crippen molar-refractivity contribution in [2.24, 2.45) is 7.05 Å². The predicted octanol–water partition coefficient (Wildman–Crippen LogP) is 0.497. The first-order valence-corrected chi connectivity index (χ1v) is 5.31. The molecular formula is C10H15F3N4O. The number of halogens is 3. The van der Waals surface area contributed by atoms with Gasteiger partial charge in [-0.15, -0.1) is 0 Å². The van der Waals surface area contributed by atoms with E-state index in [0.29, 0.717) is 0 Å². The molecule has 1 aromatic rings. The number of carbonyl (C=O) groups excluding carboxylic acids is 1. The fourth-order valence-corrected chi connectivity index (χ4v) is 1.40. The third kappa shape index (κ3) is 5.17. The van der Waals surface area contributed by atoms with Crippen molar-refractivity contribution >= 4 is 5.91 Å². The Morgan fingerprint density at radius 3 is 2.67 bits per heavy atom. The summed E-state index contributed by atoms with van der Waals surface area (Å²) < 4.78 is 37.0. The Morgan fingerprint density at radius 2 is 2.17 bits per heavy atom. The van der Waals surface area contributed by atoms with Crippen LogP contribution < -0.4 is 10.6 Å². The Morgan fingerprint density at radius 1 is 1.50 bits per heavy atom. The number of amides is 1. The minimum atomic E-state index is -4.31. The summed E-state index contributed by atoms with van der Waals surface area (Å²) in [6, 6.07) is 0. The van der Waals surface area contributed by atoms with E-state index in [4.69, 9.17) is 0 Å². The highest BCUT2D eigenvalue weighted by Gasteiger charge is 2.26. The quantitative estimate of drug-likeness (QED) is 0.814. The van der Waals surface area contributed by atoms with E-state index in [2.05, 4.69) is 10.4 Å². The number of alkyl halides is 3. The van der Waals surface area contributed by atoms with Crippen molar-refractivity contribution in [1.82, 2.24) is 20.4 Å². The molecule has 0 radical (unpaired) electrons. The fourth-order valence-electron chi connectivity index (χ4n) is 1.40. The average Bonchev–Trinajstić information content (AvgIpc) is 2.52. The summed E-state index contributed by atoms with van der Waals surface area (Å²) in [6.07, 6.45) is -2.56. The van der Waals surface area contributed by atoms with Gasteiger partial charge in [-0.25, -0.2) is 0 Å². The molecule has 0 aliphatic carbocycles. The van der Waals surface area contributed by atoms with Crippen LogP contribution in [0.25, 0.3) is 0 Å². The molecule has 0 saturated carbocycles. The molecule has 5 nitrogen and oxygen atoms in total. The topological polar surface area (TPSA) is 59.0 Å². The standard InChI is InChI=1S/C10H15F3N4O/c1-7-8(5-17(2)16-7)3-15-9(18)4-14-6-10(11,12)13/h5,14H,3-4,6H2,1-2H3,(H,15,18). The number of nitrogens with zero attached hydrogens (tertiary/aromatic N) is 2. The number of aryl methyl sites for hydroxylation is 2. The van der Waals surface area contributed by atoms with Crippen LogP contribution in [0.1, 0.15) is 11.3 Å². The molecule has 0 aromatic carbocycles. The number of hydrogen-bond acceptors (Lipinski definition) is 3. The maximum Gasteiger partial charge on any atom is 0.401 e. The van der Waals surface area contributed by atoms with Crippen molar-refractivity contribution in [2.45, 2.75) is 19.6 Å². The second-order valence-corrected chi connectivity index (χ2v) is 3.91. The van der Waals surface area contributed by atoms with E-state index < -0.39 is 18.6 Å². The molecule has 0 fully saturated rings. The van der Waals surface area contributed by atoms with Crippen molar-refractivity contribution in [1.29, 1.82) is 0 Å². The second kappa shape index (κ2) is 5.85. The van der Waals surface area contributed by atoms with Crippen molar-refractivity contribution in [3.63, 3.8) is 0 Å². The molecule has 1 aromatic heterocycles. The number of rotatable bonds is 5. The molecule has 0 spiro atoms. The zero-order valence-corrected chi connectivity index (χ0v) is 10.1. The normalized spacial score (nSPS) is 11.6. The van der Waals surface area contributed by atoms with Crippen LogP contribution in [-0.2, 0) is 18.4 Å². The molecule has 0 saturated heterocycles. The third-order valence-electron chi connectivity index (χ3n) is 2.20. The van der Waals surface area contributed by atoms with Gasteiger partial charge in [0, 0.05) is 25.4 Å². The zero-order valence-electron chi connectivity index (χ0n) is 10.1. The maximum atomic E-state index is 11.8. The van der Waals surface area contributed by atoms with Gasteiger partial charge >= 0.3 is 6.18 Å². The molecule has 0 unspecified atom stereocenters. The lowest BCUT2D eigenvalue weighted by atomic mass is 10.2. The van der Waals surface area contributed by atoms with Crippen LogP contribution in [0.15, 0.2) is 6.20 Å². The van der Waals surface area contributed by atoms with E-state index in [0.717, 1.165) is 11.3 Å². The van der Waals surface area contributed by atoms with Gasteiger partial charge in [0.25, 0.3) is 0 Å². The minimum Gasteiger partial charge on any atom is -0.351 e. The van der Waals surface area contributed by atoms with Gasteiger partial charge in [0.1, 0.15) is 0 Å². The van der Waals surface area contributed by atoms with Gasteiger partial charge in [0.15, 0.2) is 0 Å². The Balaban J connectivity index is 2.27. The molecule has 1 rings (SSSR count). The third-order valence-corrected chi connectivity index (χ3v) is 2.20. The molecule has 1 heterocycles. The Bertz CT molecular complexity index is 414. The number of carbonyl (C=O) groups is 1. The summed E-state index contributed by atoms with van der Waals surface area (Å²) in [5.41, 5.74) is 1.61. The predicted molar refractivity (Wildman–Crippen MR) is 58.7 cm³/mol. The van der Waals surface area contributed by atoms with Crippen LogP contribution in [0.3, 0.4) is 0 Å². The first-order chi connectivity index (χ1) is 8.28. The van der Waals surface area contributed by atoms with Crippen LogP contribution >= 0.6 is 0 Å². The molecule has 0 aliphatic heterocycles. The molecule has 102 valence electrons. The van der Waals surface area contributed by atoms with E-state index >= 15 is 0 Å². The summed E-state index contributed by atoms with van der Waals surface area (Å²) in [7, 11) is 1.75. The van der Waals surface area contributed by atoms with Crippen molar-refractivity contribution in [2.75, 3.05) is 13.1 Å². The maximum absolute atomic E-state index is 11.8. The summed E-state index contributed by atoms with van der Waals surface area (Å²) in [4.78, 5) is 11.3. The van der Waals surface area contributed by atoms with Crippen molar-refractivity contribution in [3.8, 4) is 0 Å². The molecule has 2 N–H and O–H groups in total. The fraction of sp³-hybridized carbons (Fsp3) is 0.600. The minimum absolute atomic E-state index is 0.256. The molecule has 0 atom stereocenters. The molecule has 8 heteroatoms. The van der Waals surface area contributed by atoms with Crippen LogP contribution in [-0.4, -0.2) is 35.0 Å². The van der Waals surface area contributed by atoms with Crippen LogP contribution in [0.2, 0.25) is 0 Å². The average molecular weight is 264 g/mol. The Labute approximate surface area is 102 Å². The van der Waals surface area contributed by atoms with Crippen LogP contribution in [0.5, 0.6) is 0 Å². The lowest BCUT2D eigenvalue weighted by molar-refractivity contribution is -0.128. The van der Waals surface area contributed by atoms with E-state index in [1.54, 1.807) is 24.9 Å². The lowest BCUT2D eigenvalue weighted by Crippen LogP contribution is -2.38. The molecule has 1 amide bonds. The summed E-state index contributed by atoms with van der Waals surface area (Å²) in [5, 5.41) is 8.63. The highest BCUT2D eigenvalue weighted by Crippen LogP contribution is 2.11. The smallest absolute Gasteiger partial charge is 0.351 e.